The Bertz CT molecular complexity index is 291. The summed E-state index contributed by atoms with van der Waals surface area (Å²) < 4.78 is 4.66. The number of aromatic nitrogens is 1. The molecule has 14 heavy (non-hydrogen) atoms. The van der Waals surface area contributed by atoms with Crippen molar-refractivity contribution in [2.45, 2.75) is 13.0 Å². The molecule has 1 amide bonds. The molecule has 1 aromatic rings. The minimum atomic E-state index is 0.0954. The number of hydrogen-bond acceptors (Lipinski definition) is 4. The van der Waals surface area contributed by atoms with Crippen molar-refractivity contribution in [1.82, 2.24) is 15.8 Å². The van der Waals surface area contributed by atoms with Gasteiger partial charge in [-0.1, -0.05) is 5.16 Å². The lowest BCUT2D eigenvalue weighted by Crippen LogP contribution is -2.31. The lowest BCUT2D eigenvalue weighted by atomic mass is 10.1. The van der Waals surface area contributed by atoms with Crippen LogP contribution in [-0.2, 0) is 11.3 Å². The summed E-state index contributed by atoms with van der Waals surface area (Å²) in [5.41, 5.74) is 0.754. The molecule has 76 valence electrons. The Morgan fingerprint density at radius 1 is 1.79 bits per heavy atom. The van der Waals surface area contributed by atoms with Gasteiger partial charge < -0.3 is 15.2 Å². The molecule has 5 heteroatoms. The van der Waals surface area contributed by atoms with E-state index in [0.29, 0.717) is 6.54 Å². The maximum atomic E-state index is 11.5. The molecule has 0 radical (unpaired) electrons. The molecular formula is C9H13N3O2. The van der Waals surface area contributed by atoms with E-state index >= 15 is 0 Å². The van der Waals surface area contributed by atoms with Gasteiger partial charge in [0.1, 0.15) is 12.0 Å². The summed E-state index contributed by atoms with van der Waals surface area (Å²) in [5.74, 6) is 0.208. The van der Waals surface area contributed by atoms with E-state index in [2.05, 4.69) is 20.3 Å². The van der Waals surface area contributed by atoms with Crippen molar-refractivity contribution in [2.75, 3.05) is 13.1 Å². The second-order valence-corrected chi connectivity index (χ2v) is 3.40. The molecule has 1 aromatic heterocycles. The van der Waals surface area contributed by atoms with Gasteiger partial charge in [-0.25, -0.2) is 0 Å². The average molecular weight is 195 g/mol. The number of amides is 1. The van der Waals surface area contributed by atoms with E-state index in [0.717, 1.165) is 25.2 Å². The lowest BCUT2D eigenvalue weighted by molar-refractivity contribution is -0.124. The molecule has 2 N–H and O–H groups in total. The zero-order valence-corrected chi connectivity index (χ0v) is 7.82. The second kappa shape index (κ2) is 4.23. The number of carbonyl (C=O) groups is 1. The summed E-state index contributed by atoms with van der Waals surface area (Å²) in [7, 11) is 0. The third kappa shape index (κ3) is 2.11. The molecule has 0 aromatic carbocycles. The third-order valence-corrected chi connectivity index (χ3v) is 2.37. The zero-order valence-electron chi connectivity index (χ0n) is 7.82. The summed E-state index contributed by atoms with van der Waals surface area (Å²) in [4.78, 5) is 11.5. The number of rotatable bonds is 3. The number of carbonyl (C=O) groups excluding carboxylic acids is 1. The third-order valence-electron chi connectivity index (χ3n) is 2.37. The fraction of sp³-hybridized carbons (Fsp3) is 0.556. The van der Waals surface area contributed by atoms with Crippen LogP contribution in [0.3, 0.4) is 0 Å². The Hall–Kier alpha value is -1.36. The Morgan fingerprint density at radius 2 is 2.71 bits per heavy atom. The van der Waals surface area contributed by atoms with Gasteiger partial charge in [-0.2, -0.15) is 0 Å². The van der Waals surface area contributed by atoms with Crippen molar-refractivity contribution in [3.05, 3.63) is 18.0 Å². The SMILES string of the molecule is O=C(NCc1ccon1)[C@@H]1CCNC1. The van der Waals surface area contributed by atoms with Crippen LogP contribution in [0.5, 0.6) is 0 Å². The summed E-state index contributed by atoms with van der Waals surface area (Å²) in [6.45, 7) is 2.17. The molecule has 1 fully saturated rings. The van der Waals surface area contributed by atoms with Crippen LogP contribution >= 0.6 is 0 Å². The van der Waals surface area contributed by atoms with Crippen molar-refractivity contribution in [2.24, 2.45) is 5.92 Å². The van der Waals surface area contributed by atoms with E-state index in [4.69, 9.17) is 0 Å². The van der Waals surface area contributed by atoms with E-state index < -0.39 is 0 Å². The minimum Gasteiger partial charge on any atom is -0.364 e. The van der Waals surface area contributed by atoms with Crippen molar-refractivity contribution in [1.29, 1.82) is 0 Å². The smallest absolute Gasteiger partial charge is 0.224 e. The Morgan fingerprint density at radius 3 is 3.36 bits per heavy atom. The molecule has 0 aliphatic carbocycles. The molecule has 0 spiro atoms. The van der Waals surface area contributed by atoms with Gasteiger partial charge >= 0.3 is 0 Å². The first kappa shape index (κ1) is 9.21. The molecule has 0 bridgehead atoms. The summed E-state index contributed by atoms with van der Waals surface area (Å²) in [6, 6.07) is 1.74. The van der Waals surface area contributed by atoms with Gasteiger partial charge in [0.2, 0.25) is 5.91 Å². The largest absolute Gasteiger partial charge is 0.364 e. The van der Waals surface area contributed by atoms with Gasteiger partial charge in [-0.15, -0.1) is 0 Å². The standard InChI is InChI=1S/C9H13N3O2/c13-9(7-1-3-10-5-7)11-6-8-2-4-14-12-8/h2,4,7,10H,1,3,5-6H2,(H,11,13)/t7-/m1/s1. The highest BCUT2D eigenvalue weighted by atomic mass is 16.5. The van der Waals surface area contributed by atoms with E-state index in [9.17, 15) is 4.79 Å². The molecule has 1 saturated heterocycles. The zero-order chi connectivity index (χ0) is 9.80. The van der Waals surface area contributed by atoms with E-state index in [1.807, 2.05) is 0 Å². The topological polar surface area (TPSA) is 67.2 Å². The van der Waals surface area contributed by atoms with Crippen LogP contribution in [0.4, 0.5) is 0 Å². The molecule has 1 atom stereocenters. The van der Waals surface area contributed by atoms with E-state index in [-0.39, 0.29) is 11.8 Å². The normalized spacial score (nSPS) is 21.0. The van der Waals surface area contributed by atoms with Crippen LogP contribution in [0.1, 0.15) is 12.1 Å². The van der Waals surface area contributed by atoms with Crippen LogP contribution in [0, 0.1) is 5.92 Å². The Kier molecular flexibility index (Phi) is 2.78. The summed E-state index contributed by atoms with van der Waals surface area (Å²) in [6.07, 6.45) is 2.42. The molecule has 2 rings (SSSR count). The fourth-order valence-corrected chi connectivity index (χ4v) is 1.53. The average Bonchev–Trinajstić information content (AvgIpc) is 2.87. The molecular weight excluding hydrogens is 182 g/mol. The minimum absolute atomic E-state index is 0.0954. The molecule has 2 heterocycles. The Balaban J connectivity index is 1.77. The van der Waals surface area contributed by atoms with Crippen molar-refractivity contribution in [3.63, 3.8) is 0 Å². The first-order valence-electron chi connectivity index (χ1n) is 4.74. The first-order chi connectivity index (χ1) is 6.86. The highest BCUT2D eigenvalue weighted by molar-refractivity contribution is 5.79. The van der Waals surface area contributed by atoms with E-state index in [1.165, 1.54) is 6.26 Å². The van der Waals surface area contributed by atoms with Crippen molar-refractivity contribution >= 4 is 5.91 Å². The van der Waals surface area contributed by atoms with Gasteiger partial charge in [0.25, 0.3) is 0 Å². The quantitative estimate of drug-likeness (QED) is 0.706. The number of hydrogen-bond donors (Lipinski definition) is 2. The van der Waals surface area contributed by atoms with Gasteiger partial charge in [-0.3, -0.25) is 4.79 Å². The highest BCUT2D eigenvalue weighted by Crippen LogP contribution is 2.07. The van der Waals surface area contributed by atoms with Crippen LogP contribution in [0.15, 0.2) is 16.9 Å². The molecule has 0 unspecified atom stereocenters. The Labute approximate surface area is 81.8 Å². The predicted molar refractivity (Wildman–Crippen MR) is 49.3 cm³/mol. The number of nitrogens with one attached hydrogen (secondary N) is 2. The molecule has 5 nitrogen and oxygen atoms in total. The predicted octanol–water partition coefficient (Wildman–Crippen LogP) is -0.0997. The van der Waals surface area contributed by atoms with Crippen LogP contribution < -0.4 is 10.6 Å². The van der Waals surface area contributed by atoms with Gasteiger partial charge in [0.05, 0.1) is 12.5 Å². The molecule has 0 saturated carbocycles. The van der Waals surface area contributed by atoms with Gasteiger partial charge in [0.15, 0.2) is 0 Å². The van der Waals surface area contributed by atoms with Crippen molar-refractivity contribution < 1.29 is 9.32 Å². The van der Waals surface area contributed by atoms with Crippen LogP contribution in [0.2, 0.25) is 0 Å². The van der Waals surface area contributed by atoms with Gasteiger partial charge in [0, 0.05) is 12.6 Å². The molecule has 1 aliphatic heterocycles. The first-order valence-corrected chi connectivity index (χ1v) is 4.74. The van der Waals surface area contributed by atoms with Crippen LogP contribution in [-0.4, -0.2) is 24.2 Å². The number of nitrogens with zero attached hydrogens (tertiary/aromatic N) is 1. The summed E-state index contributed by atoms with van der Waals surface area (Å²) >= 11 is 0. The van der Waals surface area contributed by atoms with Crippen LogP contribution in [0.25, 0.3) is 0 Å². The summed E-state index contributed by atoms with van der Waals surface area (Å²) in [5, 5.41) is 9.69. The van der Waals surface area contributed by atoms with Crippen molar-refractivity contribution in [3.8, 4) is 0 Å². The molecule has 1 aliphatic rings. The maximum Gasteiger partial charge on any atom is 0.224 e. The van der Waals surface area contributed by atoms with E-state index in [1.54, 1.807) is 6.07 Å². The fourth-order valence-electron chi connectivity index (χ4n) is 1.53. The monoisotopic (exact) mass is 195 g/mol. The maximum absolute atomic E-state index is 11.5. The highest BCUT2D eigenvalue weighted by Gasteiger charge is 2.21. The second-order valence-electron chi connectivity index (χ2n) is 3.40. The van der Waals surface area contributed by atoms with Gasteiger partial charge in [-0.05, 0) is 13.0 Å². The lowest BCUT2D eigenvalue weighted by Gasteiger charge is -2.07.